The van der Waals surface area contributed by atoms with Gasteiger partial charge in [0.05, 0.1) is 57.8 Å². The highest BCUT2D eigenvalue weighted by Gasteiger charge is 2.42. The molecule has 1 N–H and O–H groups in total. The van der Waals surface area contributed by atoms with Crippen LogP contribution >= 0.6 is 22.7 Å². The Balaban J connectivity index is 1.68. The van der Waals surface area contributed by atoms with E-state index in [0.717, 1.165) is 25.2 Å². The lowest BCUT2D eigenvalue weighted by molar-refractivity contribution is -0.0725. The van der Waals surface area contributed by atoms with Gasteiger partial charge < -0.3 is 4.74 Å². The van der Waals surface area contributed by atoms with Crippen molar-refractivity contribution in [2.24, 2.45) is 0 Å². The second-order valence-electron chi connectivity index (χ2n) is 9.04. The molecule has 14 heteroatoms. The number of halogens is 1. The average molecular weight is 566 g/mol. The van der Waals surface area contributed by atoms with E-state index < -0.39 is 33.5 Å². The number of rotatable bonds is 8. The molecular weight excluding hydrogens is 541 g/mol. The minimum atomic E-state index is -4.17. The predicted molar refractivity (Wildman–Crippen MR) is 139 cm³/mol. The van der Waals surface area contributed by atoms with Crippen LogP contribution in [-0.2, 0) is 27.8 Å². The highest BCUT2D eigenvalue weighted by atomic mass is 32.2. The van der Waals surface area contributed by atoms with Gasteiger partial charge in [-0.05, 0) is 39.0 Å². The third-order valence-electron chi connectivity index (χ3n) is 6.15. The first-order valence-corrected chi connectivity index (χ1v) is 14.4. The van der Waals surface area contributed by atoms with Crippen molar-refractivity contribution in [3.8, 4) is 0 Å². The van der Waals surface area contributed by atoms with E-state index in [9.17, 15) is 22.4 Å². The molecule has 37 heavy (non-hydrogen) atoms. The number of alkyl halides is 1. The number of thiazole rings is 2. The van der Waals surface area contributed by atoms with Gasteiger partial charge in [-0.1, -0.05) is 0 Å². The molecule has 1 aliphatic rings. The second kappa shape index (κ2) is 9.51. The third kappa shape index (κ3) is 4.79. The SMILES string of the molecule is Cc1ncc(Cn2c(=O)c3cc(S(=O)(=O)NC4(CF)COC4)ccc3n(Cc3sc(C)nc3C)c2=O)s1. The molecule has 0 saturated carbocycles. The van der Waals surface area contributed by atoms with Gasteiger partial charge in [-0.2, -0.15) is 4.72 Å². The predicted octanol–water partition coefficient (Wildman–Crippen LogP) is 2.11. The largest absolute Gasteiger partial charge is 0.377 e. The summed E-state index contributed by atoms with van der Waals surface area (Å²) in [6.45, 7) is 4.63. The summed E-state index contributed by atoms with van der Waals surface area (Å²) < 4.78 is 49.7. The molecule has 0 unspecified atom stereocenters. The summed E-state index contributed by atoms with van der Waals surface area (Å²) in [6, 6.07) is 3.99. The van der Waals surface area contributed by atoms with Crippen LogP contribution in [0.25, 0.3) is 10.9 Å². The van der Waals surface area contributed by atoms with Crippen LogP contribution in [-0.4, -0.2) is 52.9 Å². The second-order valence-corrected chi connectivity index (χ2v) is 13.3. The van der Waals surface area contributed by atoms with E-state index in [2.05, 4.69) is 14.7 Å². The molecule has 10 nitrogen and oxygen atoms in total. The Morgan fingerprint density at radius 2 is 1.86 bits per heavy atom. The topological polar surface area (TPSA) is 125 Å². The molecule has 0 bridgehead atoms. The number of fused-ring (bicyclic) bond motifs is 1. The van der Waals surface area contributed by atoms with E-state index in [1.165, 1.54) is 45.4 Å². The fraction of sp³-hybridized carbons (Fsp3) is 0.391. The Morgan fingerprint density at radius 1 is 1.11 bits per heavy atom. The van der Waals surface area contributed by atoms with E-state index in [-0.39, 0.29) is 36.6 Å². The standard InChI is InChI=1S/C23H24FN5O5S3/c1-13-20(36-15(3)26-13)9-28-19-5-4-17(37(32,33)27-23(10-24)11-34-12-23)6-18(19)21(30)29(22(28)31)8-16-7-25-14(2)35-16/h4-7,27H,8-12H2,1-3H3. The summed E-state index contributed by atoms with van der Waals surface area (Å²) in [4.78, 5) is 37.2. The van der Waals surface area contributed by atoms with Gasteiger partial charge in [0.25, 0.3) is 5.56 Å². The first-order valence-electron chi connectivity index (χ1n) is 11.3. The molecule has 0 spiro atoms. The number of hydrogen-bond acceptors (Lipinski definition) is 9. The van der Waals surface area contributed by atoms with Gasteiger partial charge in [0.15, 0.2) is 0 Å². The Hall–Kier alpha value is -2.78. The molecule has 0 amide bonds. The zero-order chi connectivity index (χ0) is 26.5. The van der Waals surface area contributed by atoms with Crippen LogP contribution in [0, 0.1) is 20.8 Å². The van der Waals surface area contributed by atoms with Gasteiger partial charge >= 0.3 is 5.69 Å². The first kappa shape index (κ1) is 25.9. The molecule has 5 rings (SSSR count). The van der Waals surface area contributed by atoms with Crippen LogP contribution in [0.5, 0.6) is 0 Å². The van der Waals surface area contributed by atoms with E-state index in [1.807, 2.05) is 20.8 Å². The van der Waals surface area contributed by atoms with Gasteiger partial charge in [-0.3, -0.25) is 13.9 Å². The number of aromatic nitrogens is 4. The van der Waals surface area contributed by atoms with Crippen LogP contribution in [0.1, 0.15) is 25.5 Å². The molecule has 196 valence electrons. The third-order valence-corrected chi connectivity index (χ3v) is 9.69. The Bertz CT molecular complexity index is 1730. The van der Waals surface area contributed by atoms with Gasteiger partial charge in [0.1, 0.15) is 12.2 Å². The highest BCUT2D eigenvalue weighted by Crippen LogP contribution is 2.24. The summed E-state index contributed by atoms with van der Waals surface area (Å²) >= 11 is 2.82. The fourth-order valence-corrected chi connectivity index (χ4v) is 7.31. The Morgan fingerprint density at radius 3 is 2.43 bits per heavy atom. The Kier molecular flexibility index (Phi) is 6.64. The number of ether oxygens (including phenoxy) is 1. The summed E-state index contributed by atoms with van der Waals surface area (Å²) in [5.74, 6) is 0. The zero-order valence-electron chi connectivity index (χ0n) is 20.3. The lowest BCUT2D eigenvalue weighted by Crippen LogP contribution is -2.63. The molecule has 1 aromatic carbocycles. The van der Waals surface area contributed by atoms with Crippen molar-refractivity contribution >= 4 is 43.6 Å². The number of nitrogens with zero attached hydrogens (tertiary/aromatic N) is 4. The number of nitrogens with one attached hydrogen (secondary N) is 1. The van der Waals surface area contributed by atoms with Crippen molar-refractivity contribution in [1.29, 1.82) is 0 Å². The van der Waals surface area contributed by atoms with Crippen molar-refractivity contribution < 1.29 is 17.5 Å². The smallest absolute Gasteiger partial charge is 0.332 e. The molecule has 0 radical (unpaired) electrons. The molecule has 0 aliphatic carbocycles. The maximum Gasteiger partial charge on any atom is 0.332 e. The van der Waals surface area contributed by atoms with Crippen molar-refractivity contribution in [2.45, 2.75) is 44.3 Å². The van der Waals surface area contributed by atoms with Crippen LogP contribution in [0.15, 0.2) is 38.9 Å². The number of aryl methyl sites for hydroxylation is 3. The zero-order valence-corrected chi connectivity index (χ0v) is 22.7. The van der Waals surface area contributed by atoms with Gasteiger partial charge in [0, 0.05) is 16.0 Å². The van der Waals surface area contributed by atoms with Crippen LogP contribution in [0.2, 0.25) is 0 Å². The lowest BCUT2D eigenvalue weighted by Gasteiger charge is -2.39. The van der Waals surface area contributed by atoms with E-state index in [4.69, 9.17) is 4.74 Å². The molecule has 1 aliphatic heterocycles. The molecule has 4 aromatic rings. The van der Waals surface area contributed by atoms with Gasteiger partial charge in [-0.25, -0.2) is 27.6 Å². The minimum absolute atomic E-state index is 0.00264. The molecular formula is C23H24FN5O5S3. The molecule has 0 atom stereocenters. The van der Waals surface area contributed by atoms with Crippen LogP contribution < -0.4 is 16.0 Å². The monoisotopic (exact) mass is 565 g/mol. The fourth-order valence-electron chi connectivity index (χ4n) is 4.22. The van der Waals surface area contributed by atoms with Crippen molar-refractivity contribution in [2.75, 3.05) is 19.9 Å². The summed E-state index contributed by atoms with van der Waals surface area (Å²) in [7, 11) is -4.17. The van der Waals surface area contributed by atoms with E-state index >= 15 is 0 Å². The van der Waals surface area contributed by atoms with Gasteiger partial charge in [0.2, 0.25) is 10.0 Å². The quantitative estimate of drug-likeness (QED) is 0.347. The number of sulfonamides is 1. The van der Waals surface area contributed by atoms with Crippen molar-refractivity contribution in [1.82, 2.24) is 23.8 Å². The highest BCUT2D eigenvalue weighted by molar-refractivity contribution is 7.89. The number of hydrogen-bond donors (Lipinski definition) is 1. The van der Waals surface area contributed by atoms with Crippen molar-refractivity contribution in [3.63, 3.8) is 0 Å². The molecule has 3 aromatic heterocycles. The summed E-state index contributed by atoms with van der Waals surface area (Å²) in [5, 5.41) is 1.70. The average Bonchev–Trinajstić information content (AvgIpc) is 3.39. The maximum atomic E-state index is 13.6. The maximum absolute atomic E-state index is 13.6. The summed E-state index contributed by atoms with van der Waals surface area (Å²) in [6.07, 6.45) is 1.61. The molecule has 1 fully saturated rings. The van der Waals surface area contributed by atoms with Crippen molar-refractivity contribution in [3.05, 3.63) is 70.7 Å². The molecule has 4 heterocycles. The van der Waals surface area contributed by atoms with Gasteiger partial charge in [-0.15, -0.1) is 22.7 Å². The number of benzene rings is 1. The minimum Gasteiger partial charge on any atom is -0.377 e. The lowest BCUT2D eigenvalue weighted by atomic mass is 10.0. The summed E-state index contributed by atoms with van der Waals surface area (Å²) in [5.41, 5.74) is -1.39. The van der Waals surface area contributed by atoms with E-state index in [1.54, 1.807) is 6.20 Å². The van der Waals surface area contributed by atoms with E-state index in [0.29, 0.717) is 10.4 Å². The normalized spacial score (nSPS) is 15.2. The first-order chi connectivity index (χ1) is 17.5. The Labute approximate surface area is 219 Å². The molecule has 1 saturated heterocycles. The van der Waals surface area contributed by atoms with Crippen LogP contribution in [0.3, 0.4) is 0 Å². The van der Waals surface area contributed by atoms with Crippen LogP contribution in [0.4, 0.5) is 4.39 Å².